The second-order valence-electron chi connectivity index (χ2n) is 7.65. The average molecular weight is 488 g/mol. The Morgan fingerprint density at radius 1 is 1.03 bits per heavy atom. The summed E-state index contributed by atoms with van der Waals surface area (Å²) in [6, 6.07) is 11.8. The fourth-order valence-electron chi connectivity index (χ4n) is 3.46. The van der Waals surface area contributed by atoms with E-state index in [0.717, 1.165) is 31.8 Å². The van der Waals surface area contributed by atoms with Crippen molar-refractivity contribution in [1.82, 2.24) is 4.31 Å². The van der Waals surface area contributed by atoms with Crippen molar-refractivity contribution in [3.8, 4) is 0 Å². The molecule has 1 heterocycles. The number of carbonyl (C=O) groups excluding carboxylic acids is 2. The Morgan fingerprint density at radius 3 is 2.32 bits per heavy atom. The zero-order valence-corrected chi connectivity index (χ0v) is 19.2. The number of esters is 1. The summed E-state index contributed by atoms with van der Waals surface area (Å²) in [6.45, 7) is 0.407. The van der Waals surface area contributed by atoms with Crippen LogP contribution in [0.4, 0.5) is 11.4 Å². The number of benzene rings is 2. The van der Waals surface area contributed by atoms with Gasteiger partial charge in [-0.05, 0) is 42.7 Å². The maximum absolute atomic E-state index is 12.8. The monoisotopic (exact) mass is 487 g/mol. The molecule has 1 aliphatic heterocycles. The van der Waals surface area contributed by atoms with E-state index in [-0.39, 0.29) is 16.3 Å². The first-order chi connectivity index (χ1) is 16.3. The van der Waals surface area contributed by atoms with Crippen molar-refractivity contribution in [2.45, 2.75) is 30.6 Å². The number of hydrogen-bond donors (Lipinski definition) is 1. The van der Waals surface area contributed by atoms with Gasteiger partial charge in [0.25, 0.3) is 11.6 Å². The van der Waals surface area contributed by atoms with Crippen LogP contribution in [0.2, 0.25) is 0 Å². The number of para-hydroxylation sites is 2. The number of nitro benzene ring substituents is 1. The van der Waals surface area contributed by atoms with E-state index in [1.807, 2.05) is 0 Å². The lowest BCUT2D eigenvalue weighted by Gasteiger charge is -2.19. The van der Waals surface area contributed by atoms with E-state index in [2.05, 4.69) is 5.32 Å². The van der Waals surface area contributed by atoms with Crippen LogP contribution in [0.25, 0.3) is 6.08 Å². The summed E-state index contributed by atoms with van der Waals surface area (Å²) in [4.78, 5) is 34.4. The molecule has 1 saturated heterocycles. The van der Waals surface area contributed by atoms with E-state index >= 15 is 0 Å². The van der Waals surface area contributed by atoms with Crippen LogP contribution in [-0.2, 0) is 24.3 Å². The predicted molar refractivity (Wildman–Crippen MR) is 125 cm³/mol. The Hall–Kier alpha value is -3.57. The van der Waals surface area contributed by atoms with Gasteiger partial charge in [0.05, 0.1) is 9.82 Å². The van der Waals surface area contributed by atoms with Gasteiger partial charge in [-0.1, -0.05) is 37.1 Å². The van der Waals surface area contributed by atoms with Crippen molar-refractivity contribution in [2.75, 3.05) is 25.0 Å². The highest BCUT2D eigenvalue weighted by atomic mass is 32.2. The van der Waals surface area contributed by atoms with E-state index in [9.17, 15) is 28.1 Å². The van der Waals surface area contributed by atoms with Gasteiger partial charge in [-0.2, -0.15) is 4.31 Å². The van der Waals surface area contributed by atoms with Crippen molar-refractivity contribution >= 4 is 39.4 Å². The molecule has 0 bridgehead atoms. The topological polar surface area (TPSA) is 136 Å². The Morgan fingerprint density at radius 2 is 1.68 bits per heavy atom. The summed E-state index contributed by atoms with van der Waals surface area (Å²) in [5.41, 5.74) is 0.304. The van der Waals surface area contributed by atoms with Crippen molar-refractivity contribution in [3.05, 3.63) is 70.3 Å². The second kappa shape index (κ2) is 11.5. The first kappa shape index (κ1) is 25.1. The summed E-state index contributed by atoms with van der Waals surface area (Å²) in [5.74, 6) is -1.52. The van der Waals surface area contributed by atoms with Crippen molar-refractivity contribution in [3.63, 3.8) is 0 Å². The molecular formula is C23H25N3O7S. The summed E-state index contributed by atoms with van der Waals surface area (Å²) < 4.78 is 32.0. The van der Waals surface area contributed by atoms with Crippen LogP contribution in [0.1, 0.15) is 31.2 Å². The summed E-state index contributed by atoms with van der Waals surface area (Å²) >= 11 is 0. The molecule has 1 amide bonds. The Bertz CT molecular complexity index is 1170. The number of ether oxygens (including phenoxy) is 1. The lowest BCUT2D eigenvalue weighted by Crippen LogP contribution is -2.31. The molecule has 0 atom stereocenters. The normalized spacial score (nSPS) is 14.9. The third-order valence-corrected chi connectivity index (χ3v) is 7.13. The third kappa shape index (κ3) is 6.72. The highest BCUT2D eigenvalue weighted by Gasteiger charge is 2.24. The maximum Gasteiger partial charge on any atom is 0.331 e. The number of rotatable bonds is 8. The average Bonchev–Trinajstić information content (AvgIpc) is 3.12. The third-order valence-electron chi connectivity index (χ3n) is 5.22. The van der Waals surface area contributed by atoms with Gasteiger partial charge in [-0.15, -0.1) is 0 Å². The number of hydrogen-bond acceptors (Lipinski definition) is 7. The van der Waals surface area contributed by atoms with E-state index in [0.29, 0.717) is 18.7 Å². The molecule has 10 nitrogen and oxygen atoms in total. The molecule has 180 valence electrons. The summed E-state index contributed by atoms with van der Waals surface area (Å²) in [5, 5.41) is 13.3. The highest BCUT2D eigenvalue weighted by Crippen LogP contribution is 2.23. The van der Waals surface area contributed by atoms with Gasteiger partial charge < -0.3 is 10.1 Å². The number of nitrogens with one attached hydrogen (secondary N) is 1. The largest absolute Gasteiger partial charge is 0.452 e. The molecule has 1 fully saturated rings. The quantitative estimate of drug-likeness (QED) is 0.261. The molecule has 0 spiro atoms. The molecule has 0 radical (unpaired) electrons. The fourth-order valence-corrected chi connectivity index (χ4v) is 4.97. The van der Waals surface area contributed by atoms with E-state index < -0.39 is 33.4 Å². The minimum absolute atomic E-state index is 0.000640. The molecule has 3 rings (SSSR count). The van der Waals surface area contributed by atoms with Gasteiger partial charge in [0, 0.05) is 25.2 Å². The molecule has 0 unspecified atom stereocenters. The lowest BCUT2D eigenvalue weighted by atomic mass is 10.2. The van der Waals surface area contributed by atoms with Gasteiger partial charge in [-0.25, -0.2) is 13.2 Å². The molecule has 34 heavy (non-hydrogen) atoms. The van der Waals surface area contributed by atoms with Crippen LogP contribution in [0, 0.1) is 10.1 Å². The molecular weight excluding hydrogens is 462 g/mol. The first-order valence-electron chi connectivity index (χ1n) is 10.8. The smallest absolute Gasteiger partial charge is 0.331 e. The summed E-state index contributed by atoms with van der Waals surface area (Å²) in [6.07, 6.45) is 6.30. The van der Waals surface area contributed by atoms with Gasteiger partial charge in [0.15, 0.2) is 6.61 Å². The molecule has 1 N–H and O–H groups in total. The summed E-state index contributed by atoms with van der Waals surface area (Å²) in [7, 11) is -3.55. The zero-order valence-electron chi connectivity index (χ0n) is 18.4. The lowest BCUT2D eigenvalue weighted by molar-refractivity contribution is -0.383. The van der Waals surface area contributed by atoms with Gasteiger partial charge >= 0.3 is 5.97 Å². The number of amides is 1. The van der Waals surface area contributed by atoms with E-state index in [1.165, 1.54) is 46.8 Å². The Labute approximate surface area is 197 Å². The number of sulfonamides is 1. The van der Waals surface area contributed by atoms with Crippen LogP contribution < -0.4 is 5.32 Å². The standard InChI is InChI=1S/C23H25N3O7S/c27-22(24-20-7-3-4-8-21(20)26(29)30)17-33-23(28)14-11-18-9-12-19(13-10-18)34(31,32)25-15-5-1-2-6-16-25/h3-4,7-14H,1-2,5-6,15-17H2,(H,24,27)/b14-11+. The molecule has 1 aliphatic rings. The molecule has 2 aromatic carbocycles. The van der Waals surface area contributed by atoms with E-state index in [4.69, 9.17) is 4.74 Å². The molecule has 2 aromatic rings. The minimum Gasteiger partial charge on any atom is -0.452 e. The Balaban J connectivity index is 1.53. The highest BCUT2D eigenvalue weighted by molar-refractivity contribution is 7.89. The van der Waals surface area contributed by atoms with Crippen LogP contribution in [0.15, 0.2) is 59.5 Å². The van der Waals surface area contributed by atoms with Crippen LogP contribution in [0.3, 0.4) is 0 Å². The van der Waals surface area contributed by atoms with E-state index in [1.54, 1.807) is 12.1 Å². The number of anilines is 1. The minimum atomic E-state index is -3.55. The number of nitro groups is 1. The van der Waals surface area contributed by atoms with Crippen molar-refractivity contribution in [2.24, 2.45) is 0 Å². The maximum atomic E-state index is 12.8. The van der Waals surface area contributed by atoms with Crippen LogP contribution in [-0.4, -0.2) is 49.2 Å². The molecule has 0 saturated carbocycles. The van der Waals surface area contributed by atoms with Crippen LogP contribution in [0.5, 0.6) is 0 Å². The van der Waals surface area contributed by atoms with Gasteiger partial charge in [0.2, 0.25) is 10.0 Å². The number of carbonyl (C=O) groups is 2. The molecule has 11 heteroatoms. The van der Waals surface area contributed by atoms with Gasteiger partial charge in [0.1, 0.15) is 5.69 Å². The fraction of sp³-hybridized carbons (Fsp3) is 0.304. The second-order valence-corrected chi connectivity index (χ2v) is 9.59. The molecule has 0 aromatic heterocycles. The van der Waals surface area contributed by atoms with Crippen molar-refractivity contribution in [1.29, 1.82) is 0 Å². The van der Waals surface area contributed by atoms with Crippen LogP contribution >= 0.6 is 0 Å². The Kier molecular flexibility index (Phi) is 8.50. The predicted octanol–water partition coefficient (Wildman–Crippen LogP) is 3.35. The SMILES string of the molecule is O=C(COC(=O)/C=C/c1ccc(S(=O)(=O)N2CCCCCC2)cc1)Nc1ccccc1[N+](=O)[O-]. The number of nitrogens with zero attached hydrogens (tertiary/aromatic N) is 2. The molecule has 0 aliphatic carbocycles. The zero-order chi connectivity index (χ0) is 24.6. The van der Waals surface area contributed by atoms with Gasteiger partial charge in [-0.3, -0.25) is 14.9 Å². The first-order valence-corrected chi connectivity index (χ1v) is 12.2. The van der Waals surface area contributed by atoms with Crippen molar-refractivity contribution < 1.29 is 27.7 Å².